The number of carboxylic acids is 1. The van der Waals surface area contributed by atoms with Gasteiger partial charge in [0.05, 0.1) is 13.5 Å². The molecule has 9 nitrogen and oxygen atoms in total. The summed E-state index contributed by atoms with van der Waals surface area (Å²) in [7, 11) is 1.21. The van der Waals surface area contributed by atoms with E-state index in [2.05, 4.69) is 10.1 Å². The standard InChI is InChI=1S/C18H18N2O7S/c1-26-13(22)7-10-9-28-17-14(16(23)20(17)15(10)18(24)25)19-12(21)8-27-11-5-3-2-4-6-11/h2-6,14,17H,7-9H2,1H3,(H,19,21)(H,24,25)/t14-,17+/m1/s1. The number of carboxylic acid groups (broad SMARTS) is 1. The number of β-lactam (4-membered cyclic amide) rings is 1. The molecule has 0 saturated carbocycles. The fourth-order valence-electron chi connectivity index (χ4n) is 2.95. The summed E-state index contributed by atoms with van der Waals surface area (Å²) < 4.78 is 9.92. The Morgan fingerprint density at radius 1 is 1.29 bits per heavy atom. The lowest BCUT2D eigenvalue weighted by Gasteiger charge is -2.49. The molecule has 1 saturated heterocycles. The van der Waals surface area contributed by atoms with Crippen molar-refractivity contribution in [2.75, 3.05) is 19.5 Å². The number of benzene rings is 1. The van der Waals surface area contributed by atoms with Crippen molar-refractivity contribution in [2.45, 2.75) is 17.8 Å². The van der Waals surface area contributed by atoms with Crippen LogP contribution >= 0.6 is 11.8 Å². The molecule has 2 aliphatic rings. The Kier molecular flexibility index (Phi) is 5.88. The van der Waals surface area contributed by atoms with Crippen LogP contribution in [0, 0.1) is 0 Å². The number of hydrogen-bond acceptors (Lipinski definition) is 7. The topological polar surface area (TPSA) is 122 Å². The highest BCUT2D eigenvalue weighted by Gasteiger charge is 2.54. The van der Waals surface area contributed by atoms with Crippen LogP contribution in [0.3, 0.4) is 0 Å². The molecule has 2 aliphatic heterocycles. The number of nitrogens with one attached hydrogen (secondary N) is 1. The molecule has 0 aliphatic carbocycles. The first-order valence-corrected chi connectivity index (χ1v) is 9.41. The van der Waals surface area contributed by atoms with Gasteiger partial charge in [-0.2, -0.15) is 0 Å². The fourth-order valence-corrected chi connectivity index (χ4v) is 4.29. The maximum atomic E-state index is 12.5. The predicted octanol–water partition coefficient (Wildman–Crippen LogP) is 0.367. The van der Waals surface area contributed by atoms with Crippen LogP contribution < -0.4 is 10.1 Å². The summed E-state index contributed by atoms with van der Waals surface area (Å²) in [5.74, 6) is -2.13. The summed E-state index contributed by atoms with van der Waals surface area (Å²) in [6.07, 6.45) is -0.205. The number of carbonyl (C=O) groups is 4. The zero-order valence-corrected chi connectivity index (χ0v) is 15.7. The molecule has 0 spiro atoms. The number of rotatable bonds is 7. The number of para-hydroxylation sites is 1. The van der Waals surface area contributed by atoms with Crippen molar-refractivity contribution < 1.29 is 33.8 Å². The predicted molar refractivity (Wildman–Crippen MR) is 98.3 cm³/mol. The van der Waals surface area contributed by atoms with Crippen molar-refractivity contribution in [3.05, 3.63) is 41.6 Å². The third-order valence-electron chi connectivity index (χ3n) is 4.26. The largest absolute Gasteiger partial charge is 0.484 e. The molecule has 1 aromatic rings. The van der Waals surface area contributed by atoms with Crippen LogP contribution in [0.5, 0.6) is 5.75 Å². The van der Waals surface area contributed by atoms with Gasteiger partial charge >= 0.3 is 11.9 Å². The number of nitrogens with zero attached hydrogens (tertiary/aromatic N) is 1. The van der Waals surface area contributed by atoms with Gasteiger partial charge < -0.3 is 19.9 Å². The molecule has 0 bridgehead atoms. The first-order chi connectivity index (χ1) is 13.4. The molecule has 148 valence electrons. The Hall–Kier alpha value is -3.01. The minimum atomic E-state index is -1.30. The normalized spacial score (nSPS) is 20.8. The first-order valence-electron chi connectivity index (χ1n) is 8.36. The van der Waals surface area contributed by atoms with E-state index in [9.17, 15) is 24.3 Å². The van der Waals surface area contributed by atoms with E-state index in [-0.39, 0.29) is 24.5 Å². The van der Waals surface area contributed by atoms with Crippen molar-refractivity contribution in [2.24, 2.45) is 0 Å². The Bertz CT molecular complexity index is 840. The molecule has 0 unspecified atom stereocenters. The van der Waals surface area contributed by atoms with E-state index in [1.807, 2.05) is 6.07 Å². The van der Waals surface area contributed by atoms with E-state index < -0.39 is 35.2 Å². The van der Waals surface area contributed by atoms with Gasteiger partial charge in [0, 0.05) is 5.75 Å². The quantitative estimate of drug-likeness (QED) is 0.492. The smallest absolute Gasteiger partial charge is 0.352 e. The lowest BCUT2D eigenvalue weighted by Crippen LogP contribution is -2.70. The van der Waals surface area contributed by atoms with E-state index in [1.54, 1.807) is 24.3 Å². The highest BCUT2D eigenvalue weighted by molar-refractivity contribution is 8.00. The molecule has 3 rings (SSSR count). The van der Waals surface area contributed by atoms with Gasteiger partial charge in [-0.05, 0) is 17.7 Å². The van der Waals surface area contributed by atoms with Gasteiger partial charge in [0.1, 0.15) is 22.9 Å². The summed E-state index contributed by atoms with van der Waals surface area (Å²) in [5, 5.41) is 11.5. The molecular formula is C18H18N2O7S. The number of carbonyl (C=O) groups excluding carboxylic acids is 3. The molecule has 10 heteroatoms. The third kappa shape index (κ3) is 3.96. The molecular weight excluding hydrogens is 388 g/mol. The van der Waals surface area contributed by atoms with Crippen LogP contribution in [0.4, 0.5) is 0 Å². The second-order valence-corrected chi connectivity index (χ2v) is 7.17. The average molecular weight is 406 g/mol. The van der Waals surface area contributed by atoms with Gasteiger partial charge in [0.15, 0.2) is 6.61 Å². The summed E-state index contributed by atoms with van der Waals surface area (Å²) >= 11 is 1.28. The number of amides is 2. The number of hydrogen-bond donors (Lipinski definition) is 2. The molecule has 2 heterocycles. The van der Waals surface area contributed by atoms with Crippen LogP contribution in [0.15, 0.2) is 41.6 Å². The minimum absolute atomic E-state index is 0.205. The molecule has 1 aromatic carbocycles. The van der Waals surface area contributed by atoms with Crippen molar-refractivity contribution in [3.63, 3.8) is 0 Å². The van der Waals surface area contributed by atoms with Gasteiger partial charge in [0.2, 0.25) is 0 Å². The second-order valence-electron chi connectivity index (χ2n) is 6.07. The van der Waals surface area contributed by atoms with Crippen LogP contribution in [-0.2, 0) is 23.9 Å². The molecule has 2 N–H and O–H groups in total. The zero-order chi connectivity index (χ0) is 20.3. The molecule has 0 radical (unpaired) electrons. The van der Waals surface area contributed by atoms with Gasteiger partial charge in [-0.25, -0.2) is 4.79 Å². The lowest BCUT2D eigenvalue weighted by molar-refractivity contribution is -0.151. The fraction of sp³-hybridized carbons (Fsp3) is 0.333. The third-order valence-corrected chi connectivity index (χ3v) is 5.60. The summed E-state index contributed by atoms with van der Waals surface area (Å²) in [5.41, 5.74) is 0.0938. The Balaban J connectivity index is 1.64. The Morgan fingerprint density at radius 3 is 2.64 bits per heavy atom. The van der Waals surface area contributed by atoms with Crippen LogP contribution in [0.25, 0.3) is 0 Å². The summed E-state index contributed by atoms with van der Waals surface area (Å²) in [6.45, 7) is -0.263. The number of fused-ring (bicyclic) bond motifs is 1. The van der Waals surface area contributed by atoms with Gasteiger partial charge in [-0.3, -0.25) is 19.3 Å². The number of esters is 1. The van der Waals surface area contributed by atoms with E-state index in [1.165, 1.54) is 18.9 Å². The van der Waals surface area contributed by atoms with Gasteiger partial charge in [-0.1, -0.05) is 18.2 Å². The van der Waals surface area contributed by atoms with Gasteiger partial charge in [0.25, 0.3) is 11.8 Å². The Morgan fingerprint density at radius 2 is 2.00 bits per heavy atom. The SMILES string of the molecule is COC(=O)CC1=C(C(=O)O)N2C(=O)[C@@H](NC(=O)COc3ccccc3)[C@@H]2SC1. The summed E-state index contributed by atoms with van der Waals surface area (Å²) in [4.78, 5) is 48.8. The van der Waals surface area contributed by atoms with Crippen LogP contribution in [-0.4, -0.2) is 64.6 Å². The van der Waals surface area contributed by atoms with Crippen LogP contribution in [0.1, 0.15) is 6.42 Å². The highest BCUT2D eigenvalue weighted by Crippen LogP contribution is 2.41. The van der Waals surface area contributed by atoms with E-state index in [0.29, 0.717) is 11.3 Å². The van der Waals surface area contributed by atoms with Crippen molar-refractivity contribution in [1.29, 1.82) is 0 Å². The summed E-state index contributed by atoms with van der Waals surface area (Å²) in [6, 6.07) is 7.92. The average Bonchev–Trinajstić information content (AvgIpc) is 2.70. The van der Waals surface area contributed by atoms with Gasteiger partial charge in [-0.15, -0.1) is 11.8 Å². The van der Waals surface area contributed by atoms with Crippen LogP contribution in [0.2, 0.25) is 0 Å². The molecule has 1 fully saturated rings. The van der Waals surface area contributed by atoms with Crippen molar-refractivity contribution in [1.82, 2.24) is 10.2 Å². The first kappa shape index (κ1) is 19.7. The second kappa shape index (κ2) is 8.34. The molecule has 2 amide bonds. The Labute approximate surface area is 164 Å². The number of methoxy groups -OCH3 is 1. The number of aliphatic carboxylic acids is 1. The maximum absolute atomic E-state index is 12.5. The van der Waals surface area contributed by atoms with E-state index in [0.717, 1.165) is 4.90 Å². The monoisotopic (exact) mass is 406 g/mol. The van der Waals surface area contributed by atoms with Crippen molar-refractivity contribution in [3.8, 4) is 5.75 Å². The highest BCUT2D eigenvalue weighted by atomic mass is 32.2. The number of thioether (sulfide) groups is 1. The van der Waals surface area contributed by atoms with E-state index in [4.69, 9.17) is 4.74 Å². The molecule has 28 heavy (non-hydrogen) atoms. The number of ether oxygens (including phenoxy) is 2. The van der Waals surface area contributed by atoms with E-state index >= 15 is 0 Å². The van der Waals surface area contributed by atoms with Crippen molar-refractivity contribution >= 4 is 35.5 Å². The lowest BCUT2D eigenvalue weighted by atomic mass is 10.0. The minimum Gasteiger partial charge on any atom is -0.484 e. The zero-order valence-electron chi connectivity index (χ0n) is 14.9. The molecule has 2 atom stereocenters. The maximum Gasteiger partial charge on any atom is 0.352 e. The molecule has 0 aromatic heterocycles.